The standard InChI is InChI=1S/C13H20O2/c1-12(2,14)10-7-6-8-11(9-10)13(3,4)15-5/h6-9,14H,1-5H3. The topological polar surface area (TPSA) is 29.5 Å². The molecule has 2 heteroatoms. The minimum absolute atomic E-state index is 0.318. The molecule has 0 unspecified atom stereocenters. The Morgan fingerprint density at radius 3 is 2.07 bits per heavy atom. The first kappa shape index (κ1) is 12.2. The van der Waals surface area contributed by atoms with Gasteiger partial charge in [-0.2, -0.15) is 0 Å². The number of methoxy groups -OCH3 is 1. The maximum Gasteiger partial charge on any atom is 0.0871 e. The second-order valence-corrected chi connectivity index (χ2v) is 4.85. The summed E-state index contributed by atoms with van der Waals surface area (Å²) in [7, 11) is 1.69. The van der Waals surface area contributed by atoms with Crippen LogP contribution in [-0.2, 0) is 15.9 Å². The molecule has 0 aliphatic rings. The van der Waals surface area contributed by atoms with E-state index >= 15 is 0 Å². The molecule has 1 aromatic carbocycles. The van der Waals surface area contributed by atoms with E-state index in [0.717, 1.165) is 11.1 Å². The van der Waals surface area contributed by atoms with Gasteiger partial charge >= 0.3 is 0 Å². The first-order valence-corrected chi connectivity index (χ1v) is 5.16. The zero-order valence-electron chi connectivity index (χ0n) is 10.2. The molecule has 0 aliphatic heterocycles. The normalized spacial score (nSPS) is 12.9. The molecule has 1 N–H and O–H groups in total. The molecule has 1 aromatic rings. The van der Waals surface area contributed by atoms with Gasteiger partial charge in [-0.1, -0.05) is 24.3 Å². The lowest BCUT2D eigenvalue weighted by atomic mass is 9.91. The molecule has 2 nitrogen and oxygen atoms in total. The van der Waals surface area contributed by atoms with Crippen molar-refractivity contribution in [3.8, 4) is 0 Å². The van der Waals surface area contributed by atoms with Crippen molar-refractivity contribution >= 4 is 0 Å². The molecule has 0 aromatic heterocycles. The Hall–Kier alpha value is -0.860. The molecule has 0 spiro atoms. The molecule has 84 valence electrons. The van der Waals surface area contributed by atoms with Crippen molar-refractivity contribution in [3.05, 3.63) is 35.4 Å². The van der Waals surface area contributed by atoms with Crippen LogP contribution in [0.5, 0.6) is 0 Å². The van der Waals surface area contributed by atoms with E-state index in [0.29, 0.717) is 0 Å². The number of benzene rings is 1. The molecule has 0 aliphatic carbocycles. The summed E-state index contributed by atoms with van der Waals surface area (Å²) < 4.78 is 5.41. The monoisotopic (exact) mass is 208 g/mol. The third-order valence-corrected chi connectivity index (χ3v) is 2.77. The van der Waals surface area contributed by atoms with Gasteiger partial charge in [-0.15, -0.1) is 0 Å². The van der Waals surface area contributed by atoms with E-state index in [2.05, 4.69) is 0 Å². The van der Waals surface area contributed by atoms with E-state index < -0.39 is 5.60 Å². The molecular formula is C13H20O2. The van der Waals surface area contributed by atoms with Gasteiger partial charge in [0.05, 0.1) is 11.2 Å². The predicted octanol–water partition coefficient (Wildman–Crippen LogP) is 2.80. The average molecular weight is 208 g/mol. The van der Waals surface area contributed by atoms with Crippen molar-refractivity contribution in [1.82, 2.24) is 0 Å². The van der Waals surface area contributed by atoms with Crippen LogP contribution in [0, 0.1) is 0 Å². The molecule has 0 fully saturated rings. The number of ether oxygens (including phenoxy) is 1. The van der Waals surface area contributed by atoms with Crippen LogP contribution in [-0.4, -0.2) is 12.2 Å². The number of hydrogen-bond acceptors (Lipinski definition) is 2. The summed E-state index contributed by atoms with van der Waals surface area (Å²) in [5.41, 5.74) is 0.857. The van der Waals surface area contributed by atoms with Crippen LogP contribution in [0.1, 0.15) is 38.8 Å². The maximum absolute atomic E-state index is 9.91. The number of aliphatic hydroxyl groups is 1. The Morgan fingerprint density at radius 1 is 1.07 bits per heavy atom. The number of hydrogen-bond donors (Lipinski definition) is 1. The van der Waals surface area contributed by atoms with Gasteiger partial charge in [0.25, 0.3) is 0 Å². The fourth-order valence-electron chi connectivity index (χ4n) is 1.39. The molecule has 1 rings (SSSR count). The molecule has 0 heterocycles. The van der Waals surface area contributed by atoms with E-state index in [1.165, 1.54) is 0 Å². The van der Waals surface area contributed by atoms with E-state index in [-0.39, 0.29) is 5.60 Å². The van der Waals surface area contributed by atoms with E-state index in [1.807, 2.05) is 38.1 Å². The van der Waals surface area contributed by atoms with Crippen LogP contribution in [0.4, 0.5) is 0 Å². The Kier molecular flexibility index (Phi) is 3.22. The minimum Gasteiger partial charge on any atom is -0.386 e. The van der Waals surface area contributed by atoms with E-state index in [1.54, 1.807) is 21.0 Å². The molecule has 0 radical (unpaired) electrons. The summed E-state index contributed by atoms with van der Waals surface area (Å²) in [6.45, 7) is 7.59. The van der Waals surface area contributed by atoms with Crippen LogP contribution in [0.3, 0.4) is 0 Å². The average Bonchev–Trinajstić information content (AvgIpc) is 2.17. The summed E-state index contributed by atoms with van der Waals surface area (Å²) in [6.07, 6.45) is 0. The smallest absolute Gasteiger partial charge is 0.0871 e. The fourth-order valence-corrected chi connectivity index (χ4v) is 1.39. The first-order valence-electron chi connectivity index (χ1n) is 5.16. The van der Waals surface area contributed by atoms with Crippen molar-refractivity contribution in [1.29, 1.82) is 0 Å². The summed E-state index contributed by atoms with van der Waals surface area (Å²) in [5, 5.41) is 9.91. The quantitative estimate of drug-likeness (QED) is 0.827. The largest absolute Gasteiger partial charge is 0.386 e. The van der Waals surface area contributed by atoms with Crippen molar-refractivity contribution in [3.63, 3.8) is 0 Å². The summed E-state index contributed by atoms with van der Waals surface area (Å²) in [6, 6.07) is 7.88. The summed E-state index contributed by atoms with van der Waals surface area (Å²) in [5.74, 6) is 0. The molecule has 0 amide bonds. The third kappa shape index (κ3) is 2.80. The summed E-state index contributed by atoms with van der Waals surface area (Å²) >= 11 is 0. The maximum atomic E-state index is 9.91. The Labute approximate surface area is 91.9 Å². The second-order valence-electron chi connectivity index (χ2n) is 4.85. The van der Waals surface area contributed by atoms with Gasteiger partial charge in [0.1, 0.15) is 0 Å². The Balaban J connectivity index is 3.14. The Bertz CT molecular complexity index is 335. The second kappa shape index (κ2) is 3.95. The molecule has 0 saturated carbocycles. The van der Waals surface area contributed by atoms with Crippen LogP contribution in [0.15, 0.2) is 24.3 Å². The van der Waals surface area contributed by atoms with Crippen LogP contribution >= 0.6 is 0 Å². The third-order valence-electron chi connectivity index (χ3n) is 2.77. The van der Waals surface area contributed by atoms with Crippen LogP contribution in [0.2, 0.25) is 0 Å². The highest BCUT2D eigenvalue weighted by Crippen LogP contribution is 2.28. The van der Waals surface area contributed by atoms with Gasteiger partial charge in [0, 0.05) is 7.11 Å². The SMILES string of the molecule is COC(C)(C)c1cccc(C(C)(C)O)c1. The lowest BCUT2D eigenvalue weighted by Gasteiger charge is -2.26. The zero-order chi connectivity index (χ0) is 11.7. The van der Waals surface area contributed by atoms with Gasteiger partial charge in [-0.25, -0.2) is 0 Å². The van der Waals surface area contributed by atoms with Crippen LogP contribution in [0.25, 0.3) is 0 Å². The number of rotatable bonds is 3. The minimum atomic E-state index is -0.806. The van der Waals surface area contributed by atoms with Gasteiger partial charge in [-0.05, 0) is 38.8 Å². The Morgan fingerprint density at radius 2 is 1.60 bits per heavy atom. The lowest BCUT2D eigenvalue weighted by molar-refractivity contribution is 0.0186. The molecule has 0 saturated heterocycles. The summed E-state index contributed by atoms with van der Waals surface area (Å²) in [4.78, 5) is 0. The van der Waals surface area contributed by atoms with Crippen molar-refractivity contribution in [2.75, 3.05) is 7.11 Å². The lowest BCUT2D eigenvalue weighted by Crippen LogP contribution is -2.22. The van der Waals surface area contributed by atoms with Crippen LogP contribution < -0.4 is 0 Å². The molecule has 0 atom stereocenters. The highest BCUT2D eigenvalue weighted by Gasteiger charge is 2.22. The highest BCUT2D eigenvalue weighted by atomic mass is 16.5. The van der Waals surface area contributed by atoms with Crippen molar-refractivity contribution in [2.45, 2.75) is 38.9 Å². The first-order chi connectivity index (χ1) is 6.77. The van der Waals surface area contributed by atoms with Gasteiger partial charge in [0.15, 0.2) is 0 Å². The van der Waals surface area contributed by atoms with Crippen molar-refractivity contribution in [2.24, 2.45) is 0 Å². The highest BCUT2D eigenvalue weighted by molar-refractivity contribution is 5.30. The molecular weight excluding hydrogens is 188 g/mol. The van der Waals surface area contributed by atoms with E-state index in [4.69, 9.17) is 4.74 Å². The fraction of sp³-hybridized carbons (Fsp3) is 0.538. The van der Waals surface area contributed by atoms with Crippen molar-refractivity contribution < 1.29 is 9.84 Å². The zero-order valence-corrected chi connectivity index (χ0v) is 10.2. The molecule has 0 bridgehead atoms. The van der Waals surface area contributed by atoms with E-state index in [9.17, 15) is 5.11 Å². The predicted molar refractivity (Wildman–Crippen MR) is 61.7 cm³/mol. The van der Waals surface area contributed by atoms with Gasteiger partial charge in [-0.3, -0.25) is 0 Å². The van der Waals surface area contributed by atoms with Gasteiger partial charge < -0.3 is 9.84 Å². The van der Waals surface area contributed by atoms with Gasteiger partial charge in [0.2, 0.25) is 0 Å². The molecule has 15 heavy (non-hydrogen) atoms.